The van der Waals surface area contributed by atoms with E-state index in [2.05, 4.69) is 38.9 Å². The van der Waals surface area contributed by atoms with Gasteiger partial charge in [0.15, 0.2) is 0 Å². The molecule has 0 saturated carbocycles. The van der Waals surface area contributed by atoms with Crippen molar-refractivity contribution in [3.05, 3.63) is 53.0 Å². The van der Waals surface area contributed by atoms with Crippen LogP contribution >= 0.6 is 23.1 Å². The summed E-state index contributed by atoms with van der Waals surface area (Å²) in [6.45, 7) is 2.03. The van der Waals surface area contributed by atoms with E-state index in [0.717, 1.165) is 41.2 Å². The Hall–Kier alpha value is -1.43. The molecule has 0 atom stereocenters. The lowest BCUT2D eigenvalue weighted by atomic mass is 10.2. The molecule has 0 saturated heterocycles. The summed E-state index contributed by atoms with van der Waals surface area (Å²) >= 11 is 3.61. The van der Waals surface area contributed by atoms with Crippen LogP contribution in [0.3, 0.4) is 0 Å². The Balaban J connectivity index is 1.44. The second-order valence-electron chi connectivity index (χ2n) is 4.62. The maximum absolute atomic E-state index is 4.39. The van der Waals surface area contributed by atoms with Crippen molar-refractivity contribution < 1.29 is 0 Å². The van der Waals surface area contributed by atoms with Crippen LogP contribution in [0.4, 0.5) is 0 Å². The van der Waals surface area contributed by atoms with Gasteiger partial charge in [0.05, 0.1) is 5.52 Å². The molecule has 0 fully saturated rings. The van der Waals surface area contributed by atoms with Crippen LogP contribution in [0.25, 0.3) is 10.9 Å². The van der Waals surface area contributed by atoms with E-state index in [4.69, 9.17) is 0 Å². The molecule has 3 nitrogen and oxygen atoms in total. The van der Waals surface area contributed by atoms with Crippen LogP contribution in [0.5, 0.6) is 0 Å². The third-order valence-electron chi connectivity index (χ3n) is 3.15. The second kappa shape index (κ2) is 7.54. The van der Waals surface area contributed by atoms with E-state index in [1.807, 2.05) is 29.5 Å². The van der Waals surface area contributed by atoms with Crippen molar-refractivity contribution in [3.63, 3.8) is 0 Å². The zero-order chi connectivity index (χ0) is 14.3. The summed E-state index contributed by atoms with van der Waals surface area (Å²) in [5.41, 5.74) is 1.01. The molecule has 5 heteroatoms. The van der Waals surface area contributed by atoms with Gasteiger partial charge in [0.25, 0.3) is 0 Å². The van der Waals surface area contributed by atoms with Crippen LogP contribution in [0.2, 0.25) is 0 Å². The maximum atomic E-state index is 4.39. The summed E-state index contributed by atoms with van der Waals surface area (Å²) in [5.74, 6) is 1.02. The molecule has 3 rings (SSSR count). The highest BCUT2D eigenvalue weighted by atomic mass is 32.2. The van der Waals surface area contributed by atoms with Gasteiger partial charge in [-0.3, -0.25) is 0 Å². The zero-order valence-electron chi connectivity index (χ0n) is 11.7. The number of thiophene rings is 1. The van der Waals surface area contributed by atoms with Crippen molar-refractivity contribution in [1.82, 2.24) is 15.3 Å². The van der Waals surface area contributed by atoms with E-state index >= 15 is 0 Å². The SMILES string of the molecule is c1csc(CCNCCSc2ncnc3ccccc23)c1. The number of para-hydroxylation sites is 1. The number of hydrogen-bond acceptors (Lipinski definition) is 5. The zero-order valence-corrected chi connectivity index (χ0v) is 13.3. The fourth-order valence-electron chi connectivity index (χ4n) is 2.11. The van der Waals surface area contributed by atoms with Gasteiger partial charge in [-0.1, -0.05) is 24.3 Å². The summed E-state index contributed by atoms with van der Waals surface area (Å²) in [7, 11) is 0. The molecule has 2 heterocycles. The average Bonchev–Trinajstić information content (AvgIpc) is 3.04. The van der Waals surface area contributed by atoms with E-state index < -0.39 is 0 Å². The highest BCUT2D eigenvalue weighted by Crippen LogP contribution is 2.23. The van der Waals surface area contributed by atoms with Gasteiger partial charge in [0.1, 0.15) is 11.4 Å². The highest BCUT2D eigenvalue weighted by molar-refractivity contribution is 7.99. The van der Waals surface area contributed by atoms with Crippen molar-refractivity contribution in [2.45, 2.75) is 11.4 Å². The third kappa shape index (κ3) is 4.03. The summed E-state index contributed by atoms with van der Waals surface area (Å²) < 4.78 is 0. The molecule has 0 amide bonds. The number of benzene rings is 1. The quantitative estimate of drug-likeness (QED) is 0.410. The van der Waals surface area contributed by atoms with E-state index in [1.165, 1.54) is 4.88 Å². The summed E-state index contributed by atoms with van der Waals surface area (Å²) in [6, 6.07) is 12.5. The van der Waals surface area contributed by atoms with Crippen molar-refractivity contribution in [1.29, 1.82) is 0 Å². The van der Waals surface area contributed by atoms with Gasteiger partial charge >= 0.3 is 0 Å². The summed E-state index contributed by atoms with van der Waals surface area (Å²) in [5, 5.41) is 7.83. The van der Waals surface area contributed by atoms with Gasteiger partial charge in [-0.25, -0.2) is 9.97 Å². The first-order valence-corrected chi connectivity index (χ1v) is 8.85. The van der Waals surface area contributed by atoms with Crippen molar-refractivity contribution >= 4 is 34.0 Å². The minimum Gasteiger partial charge on any atom is -0.316 e. The molecule has 0 bridgehead atoms. The molecule has 0 aliphatic heterocycles. The highest BCUT2D eigenvalue weighted by Gasteiger charge is 2.03. The largest absolute Gasteiger partial charge is 0.316 e. The summed E-state index contributed by atoms with van der Waals surface area (Å²) in [4.78, 5) is 10.1. The number of nitrogens with zero attached hydrogens (tertiary/aromatic N) is 2. The number of aromatic nitrogens is 2. The Morgan fingerprint density at radius 3 is 2.90 bits per heavy atom. The van der Waals surface area contributed by atoms with Crippen molar-refractivity contribution in [3.8, 4) is 0 Å². The molecule has 2 aromatic heterocycles. The first-order chi connectivity index (χ1) is 10.4. The first kappa shape index (κ1) is 14.5. The molecular formula is C16H17N3S2. The fraction of sp³-hybridized carbons (Fsp3) is 0.250. The number of nitrogens with one attached hydrogen (secondary N) is 1. The predicted molar refractivity (Wildman–Crippen MR) is 91.2 cm³/mol. The molecule has 3 aromatic rings. The third-order valence-corrected chi connectivity index (χ3v) is 5.10. The van der Waals surface area contributed by atoms with Gasteiger partial charge in [0, 0.05) is 22.6 Å². The van der Waals surface area contributed by atoms with Crippen LogP contribution in [-0.2, 0) is 6.42 Å². The normalized spacial score (nSPS) is 11.0. The summed E-state index contributed by atoms with van der Waals surface area (Å²) in [6.07, 6.45) is 2.76. The monoisotopic (exact) mass is 315 g/mol. The Morgan fingerprint density at radius 2 is 2.00 bits per heavy atom. The maximum Gasteiger partial charge on any atom is 0.117 e. The molecule has 1 N–H and O–H groups in total. The molecule has 108 valence electrons. The second-order valence-corrected chi connectivity index (χ2v) is 6.74. The standard InChI is InChI=1S/C16H17N3S2/c1-2-6-15-14(5-1)16(19-12-18-15)21-11-9-17-8-7-13-4-3-10-20-13/h1-6,10,12,17H,7-9,11H2. The smallest absolute Gasteiger partial charge is 0.117 e. The van der Waals surface area contributed by atoms with Crippen LogP contribution < -0.4 is 5.32 Å². The topological polar surface area (TPSA) is 37.8 Å². The van der Waals surface area contributed by atoms with Gasteiger partial charge < -0.3 is 5.32 Å². The van der Waals surface area contributed by atoms with Crippen molar-refractivity contribution in [2.24, 2.45) is 0 Å². The Labute approximate surface area is 132 Å². The van der Waals surface area contributed by atoms with E-state index in [9.17, 15) is 0 Å². The fourth-order valence-corrected chi connectivity index (χ4v) is 3.70. The van der Waals surface area contributed by atoms with Crippen LogP contribution in [0.1, 0.15) is 4.88 Å². The molecule has 0 aliphatic carbocycles. The first-order valence-electron chi connectivity index (χ1n) is 6.99. The van der Waals surface area contributed by atoms with E-state index in [-0.39, 0.29) is 0 Å². The Bertz CT molecular complexity index is 678. The van der Waals surface area contributed by atoms with Crippen molar-refractivity contribution in [2.75, 3.05) is 18.8 Å². The Morgan fingerprint density at radius 1 is 1.05 bits per heavy atom. The van der Waals surface area contributed by atoms with E-state index in [1.54, 1.807) is 18.1 Å². The van der Waals surface area contributed by atoms with Gasteiger partial charge in [-0.05, 0) is 30.5 Å². The minimum atomic E-state index is 0.994. The van der Waals surface area contributed by atoms with Gasteiger partial charge in [0.2, 0.25) is 0 Å². The number of hydrogen-bond donors (Lipinski definition) is 1. The average molecular weight is 315 g/mol. The Kier molecular flexibility index (Phi) is 5.21. The predicted octanol–water partition coefficient (Wildman–Crippen LogP) is 3.62. The minimum absolute atomic E-state index is 0.994. The lowest BCUT2D eigenvalue weighted by molar-refractivity contribution is 0.725. The lowest BCUT2D eigenvalue weighted by Crippen LogP contribution is -2.19. The number of thioether (sulfide) groups is 1. The van der Waals surface area contributed by atoms with Gasteiger partial charge in [-0.2, -0.15) is 0 Å². The van der Waals surface area contributed by atoms with E-state index in [0.29, 0.717) is 0 Å². The van der Waals surface area contributed by atoms with Crippen LogP contribution in [-0.4, -0.2) is 28.8 Å². The van der Waals surface area contributed by atoms with Gasteiger partial charge in [-0.15, -0.1) is 23.1 Å². The molecule has 0 unspecified atom stereocenters. The molecule has 21 heavy (non-hydrogen) atoms. The molecule has 1 aromatic carbocycles. The molecule has 0 aliphatic rings. The number of rotatable bonds is 7. The molecule has 0 spiro atoms. The van der Waals surface area contributed by atoms with Crippen LogP contribution in [0.15, 0.2) is 53.1 Å². The van der Waals surface area contributed by atoms with Crippen LogP contribution in [0, 0.1) is 0 Å². The number of fused-ring (bicyclic) bond motifs is 1. The molecule has 0 radical (unpaired) electrons. The lowest BCUT2D eigenvalue weighted by Gasteiger charge is -2.05. The molecular weight excluding hydrogens is 298 g/mol.